The van der Waals surface area contributed by atoms with Gasteiger partial charge in [0, 0.05) is 17.6 Å². The number of fused-ring (bicyclic) bond motifs is 1. The molecule has 1 heterocycles. The van der Waals surface area contributed by atoms with Crippen molar-refractivity contribution in [3.63, 3.8) is 0 Å². The molecule has 0 fully saturated rings. The summed E-state index contributed by atoms with van der Waals surface area (Å²) in [6.45, 7) is 2.79. The zero-order valence-corrected chi connectivity index (χ0v) is 15.1. The molecule has 0 spiro atoms. The molecule has 0 bridgehead atoms. The molecular weight excluding hydrogens is 363 g/mol. The molecule has 0 atom stereocenters. The molecular formula is C19H16Cl2O4. The largest absolute Gasteiger partial charge is 0.455 e. The molecule has 0 aliphatic heterocycles. The number of ether oxygens (including phenoxy) is 2. The summed E-state index contributed by atoms with van der Waals surface area (Å²) in [5, 5.41) is 1.71. The molecule has 0 N–H and O–H groups in total. The molecule has 0 aliphatic carbocycles. The third-order valence-corrected chi connectivity index (χ3v) is 4.43. The molecule has 6 heteroatoms. The van der Waals surface area contributed by atoms with Crippen LogP contribution in [0, 0.1) is 0 Å². The van der Waals surface area contributed by atoms with Gasteiger partial charge in [-0.05, 0) is 30.7 Å². The summed E-state index contributed by atoms with van der Waals surface area (Å²) in [5.41, 5.74) is 2.06. The van der Waals surface area contributed by atoms with E-state index in [1.54, 1.807) is 24.3 Å². The number of carbonyl (C=O) groups excluding carboxylic acids is 1. The molecule has 0 saturated carbocycles. The van der Waals surface area contributed by atoms with Crippen molar-refractivity contribution in [2.24, 2.45) is 0 Å². The van der Waals surface area contributed by atoms with Crippen molar-refractivity contribution in [1.29, 1.82) is 0 Å². The van der Waals surface area contributed by atoms with E-state index in [4.69, 9.17) is 37.1 Å². The third kappa shape index (κ3) is 3.98. The van der Waals surface area contributed by atoms with Gasteiger partial charge in [0.25, 0.3) is 0 Å². The number of halogens is 2. The van der Waals surface area contributed by atoms with Crippen LogP contribution in [0.3, 0.4) is 0 Å². The Morgan fingerprint density at radius 1 is 1.08 bits per heavy atom. The van der Waals surface area contributed by atoms with Crippen LogP contribution in [0.5, 0.6) is 0 Å². The van der Waals surface area contributed by atoms with Crippen LogP contribution in [0.4, 0.5) is 0 Å². The van der Waals surface area contributed by atoms with Gasteiger partial charge in [-0.3, -0.25) is 0 Å². The van der Waals surface area contributed by atoms with Crippen molar-refractivity contribution in [2.75, 3.05) is 6.61 Å². The topological polar surface area (TPSA) is 48.7 Å². The minimum absolute atomic E-state index is 0.0703. The van der Waals surface area contributed by atoms with Crippen LogP contribution in [-0.4, -0.2) is 12.6 Å². The Bertz CT molecular complexity index is 902. The van der Waals surface area contributed by atoms with Gasteiger partial charge in [0.15, 0.2) is 0 Å². The zero-order valence-electron chi connectivity index (χ0n) is 13.6. The van der Waals surface area contributed by atoms with Crippen LogP contribution in [-0.2, 0) is 22.7 Å². The Labute approximate surface area is 155 Å². The fraction of sp³-hybridized carbons (Fsp3) is 0.211. The molecule has 3 rings (SSSR count). The smallest absolute Gasteiger partial charge is 0.374 e. The summed E-state index contributed by atoms with van der Waals surface area (Å²) in [6.07, 6.45) is 0. The van der Waals surface area contributed by atoms with E-state index in [0.29, 0.717) is 27.8 Å². The molecule has 0 aliphatic rings. The summed E-state index contributed by atoms with van der Waals surface area (Å²) in [6, 6.07) is 12.5. The second kappa shape index (κ2) is 7.91. The first-order valence-electron chi connectivity index (χ1n) is 7.79. The fourth-order valence-electron chi connectivity index (χ4n) is 2.45. The zero-order chi connectivity index (χ0) is 17.8. The van der Waals surface area contributed by atoms with Crippen LogP contribution in [0.15, 0.2) is 46.9 Å². The summed E-state index contributed by atoms with van der Waals surface area (Å²) < 4.78 is 16.5. The Morgan fingerprint density at radius 2 is 1.88 bits per heavy atom. The number of carbonyl (C=O) groups is 1. The van der Waals surface area contributed by atoms with Gasteiger partial charge in [0.1, 0.15) is 12.2 Å². The first-order valence-corrected chi connectivity index (χ1v) is 8.55. The van der Waals surface area contributed by atoms with Crippen molar-refractivity contribution < 1.29 is 18.7 Å². The molecule has 0 unspecified atom stereocenters. The Morgan fingerprint density at radius 3 is 2.64 bits per heavy atom. The van der Waals surface area contributed by atoms with Crippen molar-refractivity contribution in [2.45, 2.75) is 20.1 Å². The minimum Gasteiger partial charge on any atom is -0.455 e. The third-order valence-electron chi connectivity index (χ3n) is 3.69. The standard InChI is InChI=1S/C19H16Cl2O4/c1-2-23-11-14-13-5-3-4-6-17(13)25-18(14)19(22)24-10-12-7-8-15(20)16(21)9-12/h3-9H,2,10-11H2,1H3. The lowest BCUT2D eigenvalue weighted by Crippen LogP contribution is -2.07. The van der Waals surface area contributed by atoms with Gasteiger partial charge in [-0.1, -0.05) is 47.5 Å². The van der Waals surface area contributed by atoms with Crippen molar-refractivity contribution in [3.8, 4) is 0 Å². The lowest BCUT2D eigenvalue weighted by Gasteiger charge is -2.06. The first kappa shape index (κ1) is 17.8. The van der Waals surface area contributed by atoms with E-state index >= 15 is 0 Å². The van der Waals surface area contributed by atoms with Crippen LogP contribution >= 0.6 is 23.2 Å². The fourth-order valence-corrected chi connectivity index (χ4v) is 2.78. The van der Waals surface area contributed by atoms with Crippen LogP contribution in [0.1, 0.15) is 28.6 Å². The lowest BCUT2D eigenvalue weighted by molar-refractivity contribution is 0.0430. The molecule has 0 amide bonds. The monoisotopic (exact) mass is 378 g/mol. The number of furan rings is 1. The van der Waals surface area contributed by atoms with Gasteiger partial charge in [-0.2, -0.15) is 0 Å². The van der Waals surface area contributed by atoms with E-state index in [-0.39, 0.29) is 19.0 Å². The van der Waals surface area contributed by atoms with E-state index in [2.05, 4.69) is 0 Å². The van der Waals surface area contributed by atoms with Gasteiger partial charge in [-0.15, -0.1) is 0 Å². The highest BCUT2D eigenvalue weighted by Crippen LogP contribution is 2.28. The maximum atomic E-state index is 12.5. The van der Waals surface area contributed by atoms with Gasteiger partial charge in [0.2, 0.25) is 5.76 Å². The highest BCUT2D eigenvalue weighted by molar-refractivity contribution is 6.42. The molecule has 1 aromatic heterocycles. The maximum Gasteiger partial charge on any atom is 0.374 e. The molecule has 0 radical (unpaired) electrons. The van der Waals surface area contributed by atoms with Crippen LogP contribution in [0.25, 0.3) is 11.0 Å². The summed E-state index contributed by atoms with van der Waals surface area (Å²) in [7, 11) is 0. The summed E-state index contributed by atoms with van der Waals surface area (Å²) in [5.74, 6) is -0.383. The van der Waals surface area contributed by atoms with Gasteiger partial charge >= 0.3 is 5.97 Å². The molecule has 2 aromatic carbocycles. The number of hydrogen-bond acceptors (Lipinski definition) is 4. The van der Waals surface area contributed by atoms with Crippen molar-refractivity contribution in [3.05, 3.63) is 69.4 Å². The van der Waals surface area contributed by atoms with Crippen molar-refractivity contribution in [1.82, 2.24) is 0 Å². The number of benzene rings is 2. The summed E-state index contributed by atoms with van der Waals surface area (Å²) in [4.78, 5) is 12.5. The predicted molar refractivity (Wildman–Crippen MR) is 97.1 cm³/mol. The average molecular weight is 379 g/mol. The highest BCUT2D eigenvalue weighted by Gasteiger charge is 2.22. The van der Waals surface area contributed by atoms with Gasteiger partial charge in [0.05, 0.1) is 16.7 Å². The first-order chi connectivity index (χ1) is 12.1. The molecule has 25 heavy (non-hydrogen) atoms. The number of para-hydroxylation sites is 1. The lowest BCUT2D eigenvalue weighted by atomic mass is 10.1. The predicted octanol–water partition coefficient (Wildman–Crippen LogP) is 5.63. The summed E-state index contributed by atoms with van der Waals surface area (Å²) >= 11 is 11.9. The average Bonchev–Trinajstić information content (AvgIpc) is 2.99. The second-order valence-electron chi connectivity index (χ2n) is 5.37. The van der Waals surface area contributed by atoms with Crippen LogP contribution < -0.4 is 0 Å². The second-order valence-corrected chi connectivity index (χ2v) is 6.18. The molecule has 4 nitrogen and oxygen atoms in total. The van der Waals surface area contributed by atoms with E-state index in [1.807, 2.05) is 25.1 Å². The maximum absolute atomic E-state index is 12.5. The van der Waals surface area contributed by atoms with E-state index in [9.17, 15) is 4.79 Å². The van der Waals surface area contributed by atoms with Gasteiger partial charge < -0.3 is 13.9 Å². The minimum atomic E-state index is -0.544. The van der Waals surface area contributed by atoms with E-state index in [0.717, 1.165) is 10.9 Å². The normalized spacial score (nSPS) is 11.0. The molecule has 3 aromatic rings. The van der Waals surface area contributed by atoms with Crippen molar-refractivity contribution >= 4 is 40.1 Å². The molecule has 0 saturated heterocycles. The molecule has 130 valence electrons. The Hall–Kier alpha value is -2.01. The van der Waals surface area contributed by atoms with Gasteiger partial charge in [-0.25, -0.2) is 4.79 Å². The number of hydrogen-bond donors (Lipinski definition) is 0. The van der Waals surface area contributed by atoms with E-state index in [1.165, 1.54) is 0 Å². The highest BCUT2D eigenvalue weighted by atomic mass is 35.5. The Kier molecular flexibility index (Phi) is 5.63. The number of rotatable bonds is 6. The SMILES string of the molecule is CCOCc1c(C(=O)OCc2ccc(Cl)c(Cl)c2)oc2ccccc12. The number of esters is 1. The van der Waals surface area contributed by atoms with Crippen LogP contribution in [0.2, 0.25) is 10.0 Å². The quantitative estimate of drug-likeness (QED) is 0.521. The Balaban J connectivity index is 1.82. The van der Waals surface area contributed by atoms with E-state index < -0.39 is 5.97 Å².